The van der Waals surface area contributed by atoms with E-state index in [0.717, 1.165) is 5.56 Å². The van der Waals surface area contributed by atoms with Gasteiger partial charge in [0.2, 0.25) is 0 Å². The number of hydrogen-bond donors (Lipinski definition) is 1. The second kappa shape index (κ2) is 7.82. The zero-order valence-electron chi connectivity index (χ0n) is 11.1. The molecule has 1 aromatic rings. The Morgan fingerprint density at radius 2 is 2.00 bits per heavy atom. The highest BCUT2D eigenvalue weighted by atomic mass is 32.2. The van der Waals surface area contributed by atoms with Crippen LogP contribution in [0.15, 0.2) is 24.3 Å². The van der Waals surface area contributed by atoms with Gasteiger partial charge in [0.05, 0.1) is 23.6 Å². The normalized spacial score (nSPS) is 10.6. The summed E-state index contributed by atoms with van der Waals surface area (Å²) in [5.74, 6) is 6.47. The molecule has 0 spiro atoms. The Balaban J connectivity index is 2.63. The van der Waals surface area contributed by atoms with E-state index in [4.69, 9.17) is 10.5 Å². The Labute approximate surface area is 114 Å². The molecule has 104 valence electrons. The molecule has 0 aromatic heterocycles. The fraction of sp³-hybridized carbons (Fsp3) is 0.429. The Morgan fingerprint density at radius 3 is 2.68 bits per heavy atom. The van der Waals surface area contributed by atoms with Crippen molar-refractivity contribution in [2.45, 2.75) is 13.3 Å². The Kier molecular flexibility index (Phi) is 6.40. The van der Waals surface area contributed by atoms with Crippen LogP contribution in [0.25, 0.3) is 0 Å². The lowest BCUT2D eigenvalue weighted by Gasteiger charge is -2.08. The van der Waals surface area contributed by atoms with E-state index in [9.17, 15) is 8.42 Å². The summed E-state index contributed by atoms with van der Waals surface area (Å²) in [6, 6.07) is 7.26. The molecule has 0 aliphatic heterocycles. The van der Waals surface area contributed by atoms with Crippen molar-refractivity contribution >= 4 is 9.84 Å². The predicted molar refractivity (Wildman–Crippen MR) is 76.8 cm³/mol. The van der Waals surface area contributed by atoms with Gasteiger partial charge in [0, 0.05) is 0 Å². The lowest BCUT2D eigenvalue weighted by Crippen LogP contribution is -2.17. The third-order valence-electron chi connectivity index (χ3n) is 2.38. The van der Waals surface area contributed by atoms with Gasteiger partial charge in [-0.15, -0.1) is 0 Å². The maximum Gasteiger partial charge on any atom is 0.153 e. The Morgan fingerprint density at radius 1 is 1.26 bits per heavy atom. The van der Waals surface area contributed by atoms with E-state index in [1.807, 2.05) is 25.1 Å². The quantitative estimate of drug-likeness (QED) is 0.796. The Hall–Kier alpha value is -1.51. The minimum Gasteiger partial charge on any atom is -0.491 e. The third kappa shape index (κ3) is 5.77. The van der Waals surface area contributed by atoms with E-state index in [1.165, 1.54) is 0 Å². The standard InChI is InChI=1S/C14H19NO3S/c1-2-11-19(16,17)12-10-18-14-8-4-3-6-13(14)7-5-9-15/h3-4,6,8H,2,9-12,15H2,1H3. The van der Waals surface area contributed by atoms with Gasteiger partial charge < -0.3 is 10.5 Å². The van der Waals surface area contributed by atoms with Gasteiger partial charge in [-0.1, -0.05) is 30.9 Å². The average molecular weight is 281 g/mol. The molecule has 1 aromatic carbocycles. The molecule has 0 radical (unpaired) electrons. The first-order valence-corrected chi connectivity index (χ1v) is 8.02. The van der Waals surface area contributed by atoms with Crippen molar-refractivity contribution < 1.29 is 13.2 Å². The lowest BCUT2D eigenvalue weighted by atomic mass is 10.2. The minimum atomic E-state index is -3.01. The van der Waals surface area contributed by atoms with E-state index in [0.29, 0.717) is 12.2 Å². The topological polar surface area (TPSA) is 69.4 Å². The van der Waals surface area contributed by atoms with Crippen LogP contribution < -0.4 is 10.5 Å². The van der Waals surface area contributed by atoms with Gasteiger partial charge in [-0.25, -0.2) is 8.42 Å². The van der Waals surface area contributed by atoms with Crippen LogP contribution in [0.5, 0.6) is 5.75 Å². The van der Waals surface area contributed by atoms with Crippen LogP contribution in [0.1, 0.15) is 18.9 Å². The SMILES string of the molecule is CCCS(=O)(=O)CCOc1ccccc1C#CCN. The summed E-state index contributed by atoms with van der Waals surface area (Å²) in [6.45, 7) is 2.26. The van der Waals surface area contributed by atoms with Crippen LogP contribution >= 0.6 is 0 Å². The molecule has 0 aliphatic rings. The summed E-state index contributed by atoms with van der Waals surface area (Å²) in [6.07, 6.45) is 0.626. The number of nitrogens with two attached hydrogens (primary N) is 1. The molecule has 5 heteroatoms. The first-order valence-electron chi connectivity index (χ1n) is 6.20. The van der Waals surface area contributed by atoms with Gasteiger partial charge in [0.15, 0.2) is 9.84 Å². The highest BCUT2D eigenvalue weighted by Gasteiger charge is 2.10. The van der Waals surface area contributed by atoms with Crippen molar-refractivity contribution in [2.24, 2.45) is 5.73 Å². The van der Waals surface area contributed by atoms with E-state index >= 15 is 0 Å². The lowest BCUT2D eigenvalue weighted by molar-refractivity contribution is 0.340. The fourth-order valence-electron chi connectivity index (χ4n) is 1.53. The molecule has 0 amide bonds. The molecule has 1 rings (SSSR count). The molecular weight excluding hydrogens is 262 g/mol. The largest absolute Gasteiger partial charge is 0.491 e. The van der Waals surface area contributed by atoms with Gasteiger partial charge >= 0.3 is 0 Å². The van der Waals surface area contributed by atoms with Crippen molar-refractivity contribution in [1.29, 1.82) is 0 Å². The summed E-state index contributed by atoms with van der Waals surface area (Å²) in [7, 11) is -3.01. The van der Waals surface area contributed by atoms with Crippen LogP contribution in [0, 0.1) is 11.8 Å². The highest BCUT2D eigenvalue weighted by molar-refractivity contribution is 7.91. The minimum absolute atomic E-state index is 0.0273. The van der Waals surface area contributed by atoms with Gasteiger partial charge in [0.1, 0.15) is 12.4 Å². The number of sulfone groups is 1. The van der Waals surface area contributed by atoms with Crippen LogP contribution in [-0.2, 0) is 9.84 Å². The number of hydrogen-bond acceptors (Lipinski definition) is 4. The van der Waals surface area contributed by atoms with E-state index < -0.39 is 9.84 Å². The molecule has 0 saturated carbocycles. The van der Waals surface area contributed by atoms with Gasteiger partial charge in [-0.2, -0.15) is 0 Å². The third-order valence-corrected chi connectivity index (χ3v) is 4.20. The van der Waals surface area contributed by atoms with Crippen LogP contribution in [0.2, 0.25) is 0 Å². The fourth-order valence-corrected chi connectivity index (χ4v) is 2.70. The molecule has 19 heavy (non-hydrogen) atoms. The maximum absolute atomic E-state index is 11.6. The summed E-state index contributed by atoms with van der Waals surface area (Å²) in [5.41, 5.74) is 6.05. The number of para-hydroxylation sites is 1. The first kappa shape index (κ1) is 15.5. The van der Waals surface area contributed by atoms with Crippen molar-refractivity contribution in [3.8, 4) is 17.6 Å². The highest BCUT2D eigenvalue weighted by Crippen LogP contribution is 2.16. The van der Waals surface area contributed by atoms with Crippen LogP contribution in [0.4, 0.5) is 0 Å². The van der Waals surface area contributed by atoms with E-state index in [-0.39, 0.29) is 24.7 Å². The van der Waals surface area contributed by atoms with E-state index in [2.05, 4.69) is 11.8 Å². The smallest absolute Gasteiger partial charge is 0.153 e. The van der Waals surface area contributed by atoms with Gasteiger partial charge in [-0.3, -0.25) is 0 Å². The van der Waals surface area contributed by atoms with E-state index in [1.54, 1.807) is 6.07 Å². The molecule has 0 heterocycles. The summed E-state index contributed by atoms with van der Waals surface area (Å²) in [5, 5.41) is 0. The van der Waals surface area contributed by atoms with Crippen molar-refractivity contribution in [3.63, 3.8) is 0 Å². The monoisotopic (exact) mass is 281 g/mol. The molecule has 0 unspecified atom stereocenters. The summed E-state index contributed by atoms with van der Waals surface area (Å²) >= 11 is 0. The zero-order chi connectivity index (χ0) is 14.1. The van der Waals surface area contributed by atoms with Gasteiger partial charge in [0.25, 0.3) is 0 Å². The second-order valence-electron chi connectivity index (χ2n) is 4.00. The summed E-state index contributed by atoms with van der Waals surface area (Å²) < 4.78 is 28.6. The predicted octanol–water partition coefficient (Wildman–Crippen LogP) is 1.20. The Bertz CT molecular complexity index is 556. The molecular formula is C14H19NO3S. The number of rotatable bonds is 6. The number of ether oxygens (including phenoxy) is 1. The maximum atomic E-state index is 11.6. The van der Waals surface area contributed by atoms with Crippen LogP contribution in [-0.4, -0.2) is 33.1 Å². The molecule has 0 aliphatic carbocycles. The van der Waals surface area contributed by atoms with Gasteiger partial charge in [-0.05, 0) is 18.6 Å². The molecule has 4 nitrogen and oxygen atoms in total. The molecule has 0 saturated heterocycles. The second-order valence-corrected chi connectivity index (χ2v) is 6.31. The average Bonchev–Trinajstić information content (AvgIpc) is 2.37. The molecule has 0 fully saturated rings. The molecule has 2 N–H and O–H groups in total. The summed E-state index contributed by atoms with van der Waals surface area (Å²) in [4.78, 5) is 0. The van der Waals surface area contributed by atoms with Crippen molar-refractivity contribution in [1.82, 2.24) is 0 Å². The zero-order valence-corrected chi connectivity index (χ0v) is 11.9. The first-order chi connectivity index (χ1) is 9.09. The number of benzene rings is 1. The molecule has 0 atom stereocenters. The van der Waals surface area contributed by atoms with Crippen molar-refractivity contribution in [2.75, 3.05) is 24.7 Å². The van der Waals surface area contributed by atoms with Crippen LogP contribution in [0.3, 0.4) is 0 Å². The van der Waals surface area contributed by atoms with Crippen molar-refractivity contribution in [3.05, 3.63) is 29.8 Å². The molecule has 0 bridgehead atoms.